The highest BCUT2D eigenvalue weighted by Gasteiger charge is 2.55. The maximum absolute atomic E-state index is 14.7. The molecule has 3 aliphatic heterocycles. The Bertz CT molecular complexity index is 2210. The van der Waals surface area contributed by atoms with Gasteiger partial charge < -0.3 is 64.2 Å². The molecule has 3 heterocycles. The van der Waals surface area contributed by atoms with E-state index in [0.717, 1.165) is 0 Å². The molecule has 10 atom stereocenters. The number of carbonyl (C=O) groups excluding carboxylic acids is 4. The molecule has 0 radical (unpaired) electrons. The van der Waals surface area contributed by atoms with Gasteiger partial charge in [-0.25, -0.2) is 4.79 Å². The van der Waals surface area contributed by atoms with Gasteiger partial charge in [0.1, 0.15) is 54.4 Å². The molecule has 3 saturated heterocycles. The maximum Gasteiger partial charge on any atom is 0.339 e. The number of rotatable bonds is 16. The summed E-state index contributed by atoms with van der Waals surface area (Å²) in [5, 5.41) is 53.1. The van der Waals surface area contributed by atoms with Crippen molar-refractivity contribution in [1.82, 2.24) is 10.2 Å². The van der Waals surface area contributed by atoms with Gasteiger partial charge in [0, 0.05) is 36.1 Å². The van der Waals surface area contributed by atoms with E-state index in [1.807, 2.05) is 60.7 Å². The number of aliphatic hydroxyl groups is 5. The smallest absolute Gasteiger partial charge is 0.339 e. The lowest BCUT2D eigenvalue weighted by atomic mass is 9.91. The summed E-state index contributed by atoms with van der Waals surface area (Å²) in [7, 11) is 0. The van der Waals surface area contributed by atoms with Crippen LogP contribution in [0.15, 0.2) is 103 Å². The summed E-state index contributed by atoms with van der Waals surface area (Å²) in [5.41, 5.74) is 1.51. The van der Waals surface area contributed by atoms with Gasteiger partial charge in [0.2, 0.25) is 17.6 Å². The quantitative estimate of drug-likeness (QED) is 0.113. The number of amides is 2. The minimum absolute atomic E-state index is 0.0259. The van der Waals surface area contributed by atoms with Gasteiger partial charge >= 0.3 is 11.9 Å². The standard InChI is InChI=1S/C50H60N2O15/c1-49(2,3)66-40(55)23-22-34(28-53)51-45(59)36-21-12-24-52(36)46(60)31-26-37(44-38(27-31)65-50(67-44,32-16-6-4-7-17-32)33-18-8-5-9-19-33)63-47(61)35-20-11-10-14-30(35)15-13-25-62-48-43(58)42(57)41(56)39(29-54)64-48/h4-11,13-20,27,34,36-39,41-44,48,53-54,56-58H,12,21-26,28-29H2,1-3H3,(H,51,59). The minimum atomic E-state index is -1.61. The van der Waals surface area contributed by atoms with Crippen molar-refractivity contribution in [2.75, 3.05) is 26.4 Å². The molecule has 10 unspecified atom stereocenters. The fraction of sp³-hybridized carbons (Fsp3) is 0.480. The number of nitrogens with one attached hydrogen (secondary N) is 1. The molecule has 3 fully saturated rings. The molecular formula is C50H60N2O15. The van der Waals surface area contributed by atoms with Gasteiger partial charge in [-0.1, -0.05) is 91.0 Å². The van der Waals surface area contributed by atoms with E-state index < -0.39 is 109 Å². The number of nitrogens with zero attached hydrogens (tertiary/aromatic N) is 1. The van der Waals surface area contributed by atoms with Gasteiger partial charge in [0.05, 0.1) is 31.4 Å². The number of hydrogen-bond acceptors (Lipinski definition) is 15. The molecule has 17 heteroatoms. The third-order valence-electron chi connectivity index (χ3n) is 12.1. The first-order chi connectivity index (χ1) is 32.1. The van der Waals surface area contributed by atoms with Crippen molar-refractivity contribution in [1.29, 1.82) is 0 Å². The van der Waals surface area contributed by atoms with Crippen LogP contribution in [-0.2, 0) is 48.6 Å². The van der Waals surface area contributed by atoms with E-state index in [1.54, 1.807) is 63.3 Å². The van der Waals surface area contributed by atoms with Crippen molar-refractivity contribution in [2.24, 2.45) is 0 Å². The SMILES string of the molecule is CC(C)(C)OC(=O)CCC(CO)NC(=O)C1CCCN1C(=O)C1=CC2OC(c3ccccc3)(c3ccccc3)OC2C(OC(=O)c2ccccc2C=CCOC2OC(CO)C(O)C(O)C2O)C1. The molecule has 1 aliphatic carbocycles. The summed E-state index contributed by atoms with van der Waals surface area (Å²) >= 11 is 0. The van der Waals surface area contributed by atoms with Crippen molar-refractivity contribution in [3.8, 4) is 0 Å². The molecule has 0 aromatic heterocycles. The van der Waals surface area contributed by atoms with E-state index in [9.17, 15) is 44.7 Å². The van der Waals surface area contributed by atoms with Gasteiger partial charge in [0.15, 0.2) is 6.29 Å². The predicted octanol–water partition coefficient (Wildman–Crippen LogP) is 2.65. The molecule has 6 N–H and O–H groups in total. The Balaban J connectivity index is 1.12. The van der Waals surface area contributed by atoms with E-state index in [1.165, 1.54) is 4.90 Å². The van der Waals surface area contributed by atoms with Crippen LogP contribution >= 0.6 is 0 Å². The molecular weight excluding hydrogens is 869 g/mol. The van der Waals surface area contributed by atoms with Crippen molar-refractivity contribution >= 4 is 29.8 Å². The van der Waals surface area contributed by atoms with Crippen LogP contribution in [0.1, 0.15) is 79.9 Å². The number of likely N-dealkylation sites (tertiary alicyclic amines) is 1. The van der Waals surface area contributed by atoms with E-state index in [4.69, 9.17) is 28.4 Å². The molecule has 2 amide bonds. The molecule has 3 aromatic carbocycles. The van der Waals surface area contributed by atoms with Gasteiger partial charge in [-0.3, -0.25) is 14.4 Å². The monoisotopic (exact) mass is 928 g/mol. The second-order valence-corrected chi connectivity index (χ2v) is 18.0. The van der Waals surface area contributed by atoms with Crippen LogP contribution in [0.2, 0.25) is 0 Å². The Kier molecular flexibility index (Phi) is 16.1. The fourth-order valence-corrected chi connectivity index (χ4v) is 8.80. The van der Waals surface area contributed by atoms with Crippen LogP contribution in [0.5, 0.6) is 0 Å². The topological polar surface area (TPSA) is 240 Å². The molecule has 7 rings (SSSR count). The minimum Gasteiger partial charge on any atom is -0.460 e. The lowest BCUT2D eigenvalue weighted by Crippen LogP contribution is -2.59. The Morgan fingerprint density at radius 2 is 1.57 bits per heavy atom. The second-order valence-electron chi connectivity index (χ2n) is 18.0. The van der Waals surface area contributed by atoms with Crippen molar-refractivity contribution in [3.05, 3.63) is 125 Å². The number of benzene rings is 3. The van der Waals surface area contributed by atoms with Crippen LogP contribution < -0.4 is 5.32 Å². The first-order valence-corrected chi connectivity index (χ1v) is 22.6. The van der Waals surface area contributed by atoms with Crippen molar-refractivity contribution < 1.29 is 73.1 Å². The van der Waals surface area contributed by atoms with E-state index in [-0.39, 0.29) is 43.6 Å². The summed E-state index contributed by atoms with van der Waals surface area (Å²) in [5.74, 6) is -3.57. The summed E-state index contributed by atoms with van der Waals surface area (Å²) in [6.07, 6.45) is -4.33. The van der Waals surface area contributed by atoms with Gasteiger partial charge in [-0.05, 0) is 57.7 Å². The molecule has 360 valence electrons. The highest BCUT2D eigenvalue weighted by molar-refractivity contribution is 5.98. The predicted molar refractivity (Wildman–Crippen MR) is 239 cm³/mol. The fourth-order valence-electron chi connectivity index (χ4n) is 8.80. The van der Waals surface area contributed by atoms with E-state index >= 15 is 0 Å². The number of ether oxygens (including phenoxy) is 6. The lowest BCUT2D eigenvalue weighted by molar-refractivity contribution is -0.298. The Hall–Kier alpha value is -5.34. The Morgan fingerprint density at radius 3 is 2.22 bits per heavy atom. The van der Waals surface area contributed by atoms with Crippen LogP contribution in [0.4, 0.5) is 0 Å². The first-order valence-electron chi connectivity index (χ1n) is 22.6. The van der Waals surface area contributed by atoms with Crippen LogP contribution in [0.25, 0.3) is 6.08 Å². The van der Waals surface area contributed by atoms with Gasteiger partial charge in [-0.2, -0.15) is 0 Å². The highest BCUT2D eigenvalue weighted by Crippen LogP contribution is 2.47. The summed E-state index contributed by atoms with van der Waals surface area (Å²) in [4.78, 5) is 56.6. The molecule has 17 nitrogen and oxygen atoms in total. The molecule has 3 aromatic rings. The third-order valence-corrected chi connectivity index (χ3v) is 12.1. The molecule has 0 spiro atoms. The molecule has 4 aliphatic rings. The normalized spacial score (nSPS) is 27.5. The zero-order valence-electron chi connectivity index (χ0n) is 37.7. The Labute approximate surface area is 388 Å². The van der Waals surface area contributed by atoms with Crippen LogP contribution in [0.3, 0.4) is 0 Å². The van der Waals surface area contributed by atoms with Crippen LogP contribution in [-0.4, -0.2) is 147 Å². The second kappa shape index (κ2) is 21.7. The summed E-state index contributed by atoms with van der Waals surface area (Å²) in [6, 6.07) is 23.6. The summed E-state index contributed by atoms with van der Waals surface area (Å²) in [6.45, 7) is 4.34. The number of esters is 2. The molecule has 67 heavy (non-hydrogen) atoms. The number of carbonyl (C=O) groups is 4. The largest absolute Gasteiger partial charge is 0.460 e. The average molecular weight is 929 g/mol. The number of hydrogen-bond donors (Lipinski definition) is 6. The van der Waals surface area contributed by atoms with Crippen LogP contribution in [0, 0.1) is 0 Å². The maximum atomic E-state index is 14.7. The number of aliphatic hydroxyl groups excluding tert-OH is 5. The molecule has 0 bridgehead atoms. The average Bonchev–Trinajstić information content (AvgIpc) is 3.99. The zero-order valence-corrected chi connectivity index (χ0v) is 37.7. The van der Waals surface area contributed by atoms with Crippen molar-refractivity contribution in [3.63, 3.8) is 0 Å². The summed E-state index contributed by atoms with van der Waals surface area (Å²) < 4.78 is 36.5. The van der Waals surface area contributed by atoms with Gasteiger partial charge in [0.25, 0.3) is 0 Å². The third kappa shape index (κ3) is 11.5. The van der Waals surface area contributed by atoms with Gasteiger partial charge in [-0.15, -0.1) is 0 Å². The van der Waals surface area contributed by atoms with Crippen molar-refractivity contribution in [2.45, 2.75) is 125 Å². The van der Waals surface area contributed by atoms with E-state index in [2.05, 4.69) is 5.32 Å². The number of fused-ring (bicyclic) bond motifs is 1. The lowest BCUT2D eigenvalue weighted by Gasteiger charge is -2.39. The first kappa shape index (κ1) is 49.6. The Morgan fingerprint density at radius 1 is 0.896 bits per heavy atom. The zero-order chi connectivity index (χ0) is 47.9. The molecule has 0 saturated carbocycles. The highest BCUT2D eigenvalue weighted by atomic mass is 16.8. The van der Waals surface area contributed by atoms with E-state index in [0.29, 0.717) is 29.5 Å².